The van der Waals surface area contributed by atoms with E-state index in [2.05, 4.69) is 31.2 Å². The van der Waals surface area contributed by atoms with Crippen LogP contribution < -0.4 is 0 Å². The first-order chi connectivity index (χ1) is 11.2. The minimum atomic E-state index is -0.655. The highest BCUT2D eigenvalue weighted by Gasteiger charge is 2.20. The highest BCUT2D eigenvalue weighted by molar-refractivity contribution is 5.22. The molecule has 1 aromatic carbocycles. The summed E-state index contributed by atoms with van der Waals surface area (Å²) in [6.07, 6.45) is 9.00. The summed E-state index contributed by atoms with van der Waals surface area (Å²) in [5.74, 6) is -0.468. The van der Waals surface area contributed by atoms with Gasteiger partial charge in [-0.1, -0.05) is 37.6 Å². The van der Waals surface area contributed by atoms with Gasteiger partial charge in [-0.2, -0.15) is 9.65 Å². The second-order valence-electron chi connectivity index (χ2n) is 6.39. The lowest BCUT2D eigenvalue weighted by atomic mass is 9.87. The Labute approximate surface area is 139 Å². The largest absolute Gasteiger partial charge is 0.374 e. The average Bonchev–Trinajstić information content (AvgIpc) is 2.60. The maximum Gasteiger partial charge on any atom is 0.196 e. The molecular weight excluding hydrogens is 289 g/mol. The Morgan fingerprint density at radius 2 is 1.87 bits per heavy atom. The van der Waals surface area contributed by atoms with E-state index in [9.17, 15) is 4.39 Å². The van der Waals surface area contributed by atoms with Crippen molar-refractivity contribution >= 4 is 0 Å². The normalized spacial score (nSPS) is 21.9. The van der Waals surface area contributed by atoms with Gasteiger partial charge in [0.05, 0.1) is 12.7 Å². The first-order valence-corrected chi connectivity index (χ1v) is 8.68. The molecule has 23 heavy (non-hydrogen) atoms. The summed E-state index contributed by atoms with van der Waals surface area (Å²) in [4.78, 5) is 0. The summed E-state index contributed by atoms with van der Waals surface area (Å²) in [7, 11) is 0. The Balaban J connectivity index is 1.72. The third kappa shape index (κ3) is 6.15. The van der Waals surface area contributed by atoms with Crippen LogP contribution in [0.4, 0.5) is 4.39 Å². The molecule has 0 amide bonds. The van der Waals surface area contributed by atoms with E-state index in [1.165, 1.54) is 30.0 Å². The number of aryl methyl sites for hydroxylation is 1. The molecule has 0 N–H and O–H groups in total. The molecule has 0 atom stereocenters. The van der Waals surface area contributed by atoms with E-state index in [4.69, 9.17) is 10.00 Å². The van der Waals surface area contributed by atoms with Gasteiger partial charge in [-0.15, -0.1) is 0 Å². The summed E-state index contributed by atoms with van der Waals surface area (Å²) in [5, 5.41) is 8.48. The van der Waals surface area contributed by atoms with Crippen molar-refractivity contribution in [1.82, 2.24) is 0 Å². The number of nitriles is 1. The maximum absolute atomic E-state index is 13.0. The molecule has 1 aliphatic carbocycles. The molecular formula is C20H26FNO. The molecule has 2 rings (SSSR count). The minimum absolute atomic E-state index is 0.187. The van der Waals surface area contributed by atoms with Gasteiger partial charge in [0, 0.05) is 0 Å². The second-order valence-corrected chi connectivity index (χ2v) is 6.39. The van der Waals surface area contributed by atoms with Crippen LogP contribution in [0.25, 0.3) is 0 Å². The molecule has 0 aromatic heterocycles. The van der Waals surface area contributed by atoms with Crippen molar-refractivity contribution in [1.29, 1.82) is 5.26 Å². The number of benzene rings is 1. The summed E-state index contributed by atoms with van der Waals surface area (Å²) in [6.45, 7) is 2.85. The van der Waals surface area contributed by atoms with Crippen LogP contribution in [0.2, 0.25) is 0 Å². The molecule has 1 aromatic rings. The highest BCUT2D eigenvalue weighted by atomic mass is 19.1. The third-order valence-corrected chi connectivity index (χ3v) is 4.54. The van der Waals surface area contributed by atoms with E-state index in [1.54, 1.807) is 6.07 Å². The van der Waals surface area contributed by atoms with E-state index in [1.807, 2.05) is 0 Å². The number of ether oxygens (including phenoxy) is 1. The molecule has 1 aliphatic rings. The Hall–Kier alpha value is -1.66. The van der Waals surface area contributed by atoms with Crippen molar-refractivity contribution in [3.8, 4) is 6.07 Å². The molecule has 0 heterocycles. The number of hydrogen-bond donors (Lipinski definition) is 0. The Morgan fingerprint density at radius 1 is 1.22 bits per heavy atom. The zero-order valence-corrected chi connectivity index (χ0v) is 13.9. The van der Waals surface area contributed by atoms with Gasteiger partial charge in [0.25, 0.3) is 0 Å². The first-order valence-electron chi connectivity index (χ1n) is 8.68. The monoisotopic (exact) mass is 315 g/mol. The number of halogens is 1. The van der Waals surface area contributed by atoms with E-state index in [-0.39, 0.29) is 12.0 Å². The van der Waals surface area contributed by atoms with Crippen molar-refractivity contribution < 1.29 is 9.13 Å². The van der Waals surface area contributed by atoms with Crippen LogP contribution in [0.5, 0.6) is 0 Å². The van der Waals surface area contributed by atoms with E-state index >= 15 is 0 Å². The summed E-state index contributed by atoms with van der Waals surface area (Å²) >= 11 is 0. The zero-order valence-electron chi connectivity index (χ0n) is 13.9. The van der Waals surface area contributed by atoms with Crippen LogP contribution in [0.3, 0.4) is 0 Å². The molecule has 1 saturated carbocycles. The van der Waals surface area contributed by atoms with Crippen LogP contribution in [-0.4, -0.2) is 6.10 Å². The second kappa shape index (κ2) is 9.47. The fourth-order valence-electron chi connectivity index (χ4n) is 3.06. The van der Waals surface area contributed by atoms with Crippen molar-refractivity contribution in [3.63, 3.8) is 0 Å². The number of nitrogens with zero attached hydrogens (tertiary/aromatic N) is 1. The fourth-order valence-corrected chi connectivity index (χ4v) is 3.06. The van der Waals surface area contributed by atoms with Crippen molar-refractivity contribution in [3.05, 3.63) is 47.3 Å². The predicted octanol–water partition coefficient (Wildman–Crippen LogP) is 5.48. The Bertz CT molecular complexity index is 536. The Morgan fingerprint density at radius 3 is 2.48 bits per heavy atom. The van der Waals surface area contributed by atoms with Gasteiger partial charge in [0.15, 0.2) is 5.83 Å². The molecule has 0 radical (unpaired) electrons. The van der Waals surface area contributed by atoms with Crippen LogP contribution in [0, 0.1) is 17.2 Å². The standard InChI is InChI=1S/C20H26FNO/c1-2-3-4-16-5-7-18(8-6-16)15-23-20-11-9-17(10-12-20)13-19(21)14-22/h5-8,13,17,20H,2-4,9-12,15H2,1H3/t17-,20-. The lowest BCUT2D eigenvalue weighted by Crippen LogP contribution is -2.20. The average molecular weight is 315 g/mol. The number of allylic oxidation sites excluding steroid dienone is 2. The highest BCUT2D eigenvalue weighted by Crippen LogP contribution is 2.28. The van der Waals surface area contributed by atoms with Crippen LogP contribution >= 0.6 is 0 Å². The number of rotatable bonds is 7. The number of hydrogen-bond acceptors (Lipinski definition) is 2. The molecule has 0 spiro atoms. The Kier molecular flexibility index (Phi) is 7.29. The van der Waals surface area contributed by atoms with Crippen molar-refractivity contribution in [2.24, 2.45) is 5.92 Å². The van der Waals surface area contributed by atoms with Crippen LogP contribution in [0.1, 0.15) is 56.6 Å². The van der Waals surface area contributed by atoms with Crippen molar-refractivity contribution in [2.75, 3.05) is 0 Å². The van der Waals surface area contributed by atoms with E-state index in [0.717, 1.165) is 32.1 Å². The maximum atomic E-state index is 13.0. The summed E-state index contributed by atoms with van der Waals surface area (Å²) < 4.78 is 19.0. The topological polar surface area (TPSA) is 33.0 Å². The predicted molar refractivity (Wildman–Crippen MR) is 90.4 cm³/mol. The molecule has 0 unspecified atom stereocenters. The van der Waals surface area contributed by atoms with Gasteiger partial charge < -0.3 is 4.74 Å². The van der Waals surface area contributed by atoms with Gasteiger partial charge in [-0.25, -0.2) is 0 Å². The summed E-state index contributed by atoms with van der Waals surface area (Å²) in [6, 6.07) is 10.2. The minimum Gasteiger partial charge on any atom is -0.374 e. The number of unbranched alkanes of at least 4 members (excludes halogenated alkanes) is 1. The van der Waals surface area contributed by atoms with Gasteiger partial charge in [-0.3, -0.25) is 0 Å². The zero-order chi connectivity index (χ0) is 16.5. The van der Waals surface area contributed by atoms with E-state index < -0.39 is 5.83 Å². The molecule has 0 saturated heterocycles. The van der Waals surface area contributed by atoms with Gasteiger partial charge in [0.2, 0.25) is 0 Å². The smallest absolute Gasteiger partial charge is 0.196 e. The van der Waals surface area contributed by atoms with Gasteiger partial charge in [0.1, 0.15) is 6.07 Å². The van der Waals surface area contributed by atoms with Gasteiger partial charge >= 0.3 is 0 Å². The lowest BCUT2D eigenvalue weighted by molar-refractivity contribution is 0.0109. The molecule has 124 valence electrons. The molecule has 3 heteroatoms. The van der Waals surface area contributed by atoms with Gasteiger partial charge in [-0.05, 0) is 61.6 Å². The van der Waals surface area contributed by atoms with Crippen molar-refractivity contribution in [2.45, 2.75) is 64.6 Å². The molecule has 0 bridgehead atoms. The molecule has 0 aliphatic heterocycles. The van der Waals surface area contributed by atoms with E-state index in [0.29, 0.717) is 6.61 Å². The molecule has 1 fully saturated rings. The van der Waals surface area contributed by atoms with Crippen LogP contribution in [0.15, 0.2) is 36.2 Å². The SMILES string of the molecule is CCCCc1ccc(CO[C@H]2CC[C@H](C=C(F)C#N)CC2)cc1. The third-order valence-electron chi connectivity index (χ3n) is 4.54. The fraction of sp³-hybridized carbons (Fsp3) is 0.550. The molecule has 2 nitrogen and oxygen atoms in total. The lowest BCUT2D eigenvalue weighted by Gasteiger charge is -2.26. The summed E-state index contributed by atoms with van der Waals surface area (Å²) in [5.41, 5.74) is 2.60. The van der Waals surface area contributed by atoms with Crippen LogP contribution in [-0.2, 0) is 17.8 Å². The quantitative estimate of drug-likeness (QED) is 0.624. The first kappa shape index (κ1) is 17.7.